The van der Waals surface area contributed by atoms with Crippen molar-refractivity contribution in [1.29, 1.82) is 0 Å². The van der Waals surface area contributed by atoms with E-state index < -0.39 is 0 Å². The lowest BCUT2D eigenvalue weighted by atomic mass is 10.0. The third kappa shape index (κ3) is 4.53. The molecule has 2 atom stereocenters. The summed E-state index contributed by atoms with van der Waals surface area (Å²) in [6.07, 6.45) is 3.71. The molecule has 5 heteroatoms. The molecule has 1 aliphatic rings. The summed E-state index contributed by atoms with van der Waals surface area (Å²) >= 11 is 3.40. The number of nitrogens with zero attached hydrogens (tertiary/aromatic N) is 3. The first-order valence-corrected chi connectivity index (χ1v) is 7.58. The average molecular weight is 327 g/mol. The third-order valence-electron chi connectivity index (χ3n) is 3.81. The summed E-state index contributed by atoms with van der Waals surface area (Å²) < 4.78 is 1.01. The first kappa shape index (κ1) is 14.9. The molecule has 1 aromatic rings. The molecule has 0 aromatic carbocycles. The highest BCUT2D eigenvalue weighted by Gasteiger charge is 2.24. The fourth-order valence-corrected chi connectivity index (χ4v) is 2.82. The molecule has 0 saturated carbocycles. The number of hydrogen-bond donors (Lipinski definition) is 1. The Hall–Kier alpha value is -0.490. The van der Waals surface area contributed by atoms with Gasteiger partial charge in [0, 0.05) is 54.5 Å². The van der Waals surface area contributed by atoms with Crippen molar-refractivity contribution in [3.63, 3.8) is 0 Å². The summed E-state index contributed by atoms with van der Waals surface area (Å²) in [5.74, 6) is 0. The Bertz CT molecular complexity index is 395. The molecule has 0 aliphatic carbocycles. The molecule has 1 aromatic heterocycles. The van der Waals surface area contributed by atoms with Gasteiger partial charge in [-0.3, -0.25) is 4.98 Å². The van der Waals surface area contributed by atoms with Crippen LogP contribution in [0, 0.1) is 0 Å². The van der Waals surface area contributed by atoms with Gasteiger partial charge in [0.1, 0.15) is 0 Å². The normalized spacial score (nSPS) is 23.5. The molecule has 1 saturated heterocycles. The van der Waals surface area contributed by atoms with Gasteiger partial charge >= 0.3 is 0 Å². The molecule has 2 unspecified atom stereocenters. The molecular formula is C14H23BrN4. The average Bonchev–Trinajstić information content (AvgIpc) is 2.37. The van der Waals surface area contributed by atoms with Crippen molar-refractivity contribution in [3.8, 4) is 0 Å². The van der Waals surface area contributed by atoms with Crippen molar-refractivity contribution in [3.05, 3.63) is 28.5 Å². The first-order chi connectivity index (χ1) is 9.04. The van der Waals surface area contributed by atoms with Crippen LogP contribution in [-0.4, -0.2) is 60.6 Å². The SMILES string of the molecule is CN1CCN(C)C(CC(N)Cc2ccc(Br)cn2)C1. The number of hydrogen-bond acceptors (Lipinski definition) is 4. The molecule has 0 bridgehead atoms. The predicted molar refractivity (Wildman–Crippen MR) is 82.1 cm³/mol. The summed E-state index contributed by atoms with van der Waals surface area (Å²) in [6, 6.07) is 4.80. The summed E-state index contributed by atoms with van der Waals surface area (Å²) in [4.78, 5) is 9.20. The van der Waals surface area contributed by atoms with Crippen LogP contribution < -0.4 is 5.73 Å². The summed E-state index contributed by atoms with van der Waals surface area (Å²) in [7, 11) is 4.38. The fourth-order valence-electron chi connectivity index (χ4n) is 2.58. The standard InChI is InChI=1S/C14H23BrN4/c1-18-5-6-19(2)14(10-18)8-12(16)7-13-4-3-11(15)9-17-13/h3-4,9,12,14H,5-8,10,16H2,1-2H3. The van der Waals surface area contributed by atoms with Gasteiger partial charge in [0.25, 0.3) is 0 Å². The Morgan fingerprint density at radius 1 is 1.42 bits per heavy atom. The zero-order valence-corrected chi connectivity index (χ0v) is 13.3. The number of piperazine rings is 1. The lowest BCUT2D eigenvalue weighted by Gasteiger charge is -2.38. The quantitative estimate of drug-likeness (QED) is 0.907. The highest BCUT2D eigenvalue weighted by atomic mass is 79.9. The Kier molecular flexibility index (Phi) is 5.33. The van der Waals surface area contributed by atoms with Crippen molar-refractivity contribution in [2.75, 3.05) is 33.7 Å². The monoisotopic (exact) mass is 326 g/mol. The van der Waals surface area contributed by atoms with Crippen LogP contribution >= 0.6 is 15.9 Å². The molecule has 2 rings (SSSR count). The fraction of sp³-hybridized carbons (Fsp3) is 0.643. The van der Waals surface area contributed by atoms with Gasteiger partial charge in [-0.05, 0) is 48.6 Å². The smallest absolute Gasteiger partial charge is 0.0419 e. The third-order valence-corrected chi connectivity index (χ3v) is 4.28. The summed E-state index contributed by atoms with van der Waals surface area (Å²) in [5.41, 5.74) is 7.36. The highest BCUT2D eigenvalue weighted by molar-refractivity contribution is 9.10. The second-order valence-corrected chi connectivity index (χ2v) is 6.48. The van der Waals surface area contributed by atoms with Crippen LogP contribution in [0.5, 0.6) is 0 Å². The van der Waals surface area contributed by atoms with E-state index >= 15 is 0 Å². The van der Waals surface area contributed by atoms with Gasteiger partial charge in [-0.15, -0.1) is 0 Å². The molecule has 1 fully saturated rings. The van der Waals surface area contributed by atoms with Crippen LogP contribution in [0.15, 0.2) is 22.8 Å². The maximum Gasteiger partial charge on any atom is 0.0419 e. The molecule has 19 heavy (non-hydrogen) atoms. The number of pyridine rings is 1. The van der Waals surface area contributed by atoms with Crippen LogP contribution in [-0.2, 0) is 6.42 Å². The van der Waals surface area contributed by atoms with Crippen LogP contribution in [0.1, 0.15) is 12.1 Å². The van der Waals surface area contributed by atoms with E-state index in [1.54, 1.807) is 0 Å². The zero-order valence-electron chi connectivity index (χ0n) is 11.7. The van der Waals surface area contributed by atoms with Crippen molar-refractivity contribution >= 4 is 15.9 Å². The summed E-state index contributed by atoms with van der Waals surface area (Å²) in [5, 5.41) is 0. The lowest BCUT2D eigenvalue weighted by Crippen LogP contribution is -2.51. The predicted octanol–water partition coefficient (Wildman–Crippen LogP) is 1.35. The van der Waals surface area contributed by atoms with Gasteiger partial charge in [-0.2, -0.15) is 0 Å². The Morgan fingerprint density at radius 3 is 2.89 bits per heavy atom. The first-order valence-electron chi connectivity index (χ1n) is 6.79. The number of aromatic nitrogens is 1. The molecule has 2 N–H and O–H groups in total. The van der Waals surface area contributed by atoms with Gasteiger partial charge in [0.05, 0.1) is 0 Å². The van der Waals surface area contributed by atoms with Crippen molar-refractivity contribution in [1.82, 2.24) is 14.8 Å². The van der Waals surface area contributed by atoms with E-state index in [2.05, 4.69) is 44.8 Å². The largest absolute Gasteiger partial charge is 0.327 e. The molecule has 106 valence electrons. The number of rotatable bonds is 4. The van der Waals surface area contributed by atoms with Crippen LogP contribution in [0.4, 0.5) is 0 Å². The van der Waals surface area contributed by atoms with Gasteiger partial charge in [0.15, 0.2) is 0 Å². The molecule has 0 spiro atoms. The molecule has 0 radical (unpaired) electrons. The van der Waals surface area contributed by atoms with E-state index in [4.69, 9.17) is 5.73 Å². The number of nitrogens with two attached hydrogens (primary N) is 1. The van der Waals surface area contributed by atoms with Gasteiger partial charge in [-0.25, -0.2) is 0 Å². The number of halogens is 1. The van der Waals surface area contributed by atoms with E-state index in [0.29, 0.717) is 6.04 Å². The molecule has 4 nitrogen and oxygen atoms in total. The lowest BCUT2D eigenvalue weighted by molar-refractivity contribution is 0.104. The topological polar surface area (TPSA) is 45.4 Å². The van der Waals surface area contributed by atoms with E-state index in [1.807, 2.05) is 18.3 Å². The summed E-state index contributed by atoms with van der Waals surface area (Å²) in [6.45, 7) is 3.39. The minimum atomic E-state index is 0.174. The zero-order chi connectivity index (χ0) is 13.8. The molecule has 2 heterocycles. The maximum atomic E-state index is 6.29. The van der Waals surface area contributed by atoms with Crippen molar-refractivity contribution < 1.29 is 0 Å². The Labute approximate surface area is 124 Å². The van der Waals surface area contributed by atoms with E-state index in [9.17, 15) is 0 Å². The molecule has 1 aliphatic heterocycles. The second-order valence-electron chi connectivity index (χ2n) is 5.56. The van der Waals surface area contributed by atoms with Crippen LogP contribution in [0.2, 0.25) is 0 Å². The van der Waals surface area contributed by atoms with Crippen molar-refractivity contribution in [2.45, 2.75) is 24.9 Å². The van der Waals surface area contributed by atoms with E-state index in [-0.39, 0.29) is 6.04 Å². The van der Waals surface area contributed by atoms with Crippen LogP contribution in [0.3, 0.4) is 0 Å². The minimum absolute atomic E-state index is 0.174. The van der Waals surface area contributed by atoms with E-state index in [1.165, 1.54) is 0 Å². The van der Waals surface area contributed by atoms with Gasteiger partial charge in [-0.1, -0.05) is 0 Å². The van der Waals surface area contributed by atoms with Gasteiger partial charge in [0.2, 0.25) is 0 Å². The van der Waals surface area contributed by atoms with Gasteiger partial charge < -0.3 is 15.5 Å². The number of likely N-dealkylation sites (N-methyl/N-ethyl adjacent to an activating group) is 2. The molecule has 0 amide bonds. The maximum absolute atomic E-state index is 6.29. The Balaban J connectivity index is 1.86. The highest BCUT2D eigenvalue weighted by Crippen LogP contribution is 2.14. The van der Waals surface area contributed by atoms with E-state index in [0.717, 1.165) is 42.6 Å². The van der Waals surface area contributed by atoms with Crippen LogP contribution in [0.25, 0.3) is 0 Å². The molecular weight excluding hydrogens is 304 g/mol. The Morgan fingerprint density at radius 2 is 2.21 bits per heavy atom. The minimum Gasteiger partial charge on any atom is -0.327 e. The van der Waals surface area contributed by atoms with Crippen molar-refractivity contribution in [2.24, 2.45) is 5.73 Å². The second kappa shape index (κ2) is 6.79.